The van der Waals surface area contributed by atoms with Crippen molar-refractivity contribution < 1.29 is 22.4 Å². The summed E-state index contributed by atoms with van der Waals surface area (Å²) in [5.74, 6) is -8.06. The second-order valence-electron chi connectivity index (χ2n) is 2.91. The van der Waals surface area contributed by atoms with Crippen molar-refractivity contribution >= 4 is 5.91 Å². The normalized spacial score (nSPS) is 21.9. The Morgan fingerprint density at radius 2 is 1.83 bits per heavy atom. The molecule has 1 rings (SSSR count). The van der Waals surface area contributed by atoms with Crippen LogP contribution in [0.4, 0.5) is 17.6 Å². The standard InChI is InChI=1S/C6H7F4NO/c1-5(7,8)4(12)11-2-6(9,10)3-11/h2-3H2,1H3. The van der Waals surface area contributed by atoms with Crippen molar-refractivity contribution in [2.24, 2.45) is 0 Å². The average Bonchev–Trinajstić information content (AvgIpc) is 1.78. The molecule has 0 unspecified atom stereocenters. The summed E-state index contributed by atoms with van der Waals surface area (Å²) in [6, 6.07) is 0. The summed E-state index contributed by atoms with van der Waals surface area (Å²) in [7, 11) is 0. The molecular weight excluding hydrogens is 178 g/mol. The third kappa shape index (κ3) is 1.67. The maximum absolute atomic E-state index is 12.2. The zero-order valence-corrected chi connectivity index (χ0v) is 6.28. The first-order valence-corrected chi connectivity index (χ1v) is 3.27. The fraction of sp³-hybridized carbons (Fsp3) is 0.833. The SMILES string of the molecule is CC(F)(F)C(=O)N1CC(F)(F)C1. The Kier molecular flexibility index (Phi) is 1.81. The first-order chi connectivity index (χ1) is 5.22. The minimum atomic E-state index is -3.55. The molecule has 0 spiro atoms. The molecule has 12 heavy (non-hydrogen) atoms. The van der Waals surface area contributed by atoms with Gasteiger partial charge in [0.1, 0.15) is 0 Å². The second kappa shape index (κ2) is 2.34. The molecule has 0 bridgehead atoms. The van der Waals surface area contributed by atoms with Gasteiger partial charge in [-0.2, -0.15) is 8.78 Å². The Balaban J connectivity index is 2.50. The molecule has 0 saturated carbocycles. The molecule has 70 valence electrons. The highest BCUT2D eigenvalue weighted by molar-refractivity contribution is 5.83. The van der Waals surface area contributed by atoms with Crippen LogP contribution in [0.15, 0.2) is 0 Å². The van der Waals surface area contributed by atoms with Crippen LogP contribution in [-0.4, -0.2) is 35.7 Å². The molecule has 1 heterocycles. The molecule has 1 aliphatic heterocycles. The van der Waals surface area contributed by atoms with Gasteiger partial charge in [-0.3, -0.25) is 4.79 Å². The van der Waals surface area contributed by atoms with Gasteiger partial charge in [-0.25, -0.2) is 8.78 Å². The van der Waals surface area contributed by atoms with Gasteiger partial charge in [0.15, 0.2) is 0 Å². The summed E-state index contributed by atoms with van der Waals surface area (Å²) >= 11 is 0. The number of carbonyl (C=O) groups is 1. The highest BCUT2D eigenvalue weighted by Crippen LogP contribution is 2.29. The molecule has 0 aromatic carbocycles. The quantitative estimate of drug-likeness (QED) is 0.560. The molecule has 0 aromatic rings. The molecule has 2 nitrogen and oxygen atoms in total. The molecule has 6 heteroatoms. The lowest BCUT2D eigenvalue weighted by atomic mass is 10.1. The molecule has 1 aliphatic rings. The molecule has 0 atom stereocenters. The first-order valence-electron chi connectivity index (χ1n) is 3.27. The van der Waals surface area contributed by atoms with E-state index in [1.807, 2.05) is 0 Å². The summed E-state index contributed by atoms with van der Waals surface area (Å²) in [4.78, 5) is 11.0. The molecule has 0 aromatic heterocycles. The Labute approximate surface area is 66.1 Å². The van der Waals surface area contributed by atoms with E-state index < -0.39 is 30.8 Å². The summed E-state index contributed by atoms with van der Waals surface area (Å²) < 4.78 is 48.6. The van der Waals surface area contributed by atoms with Crippen molar-refractivity contribution in [2.75, 3.05) is 13.1 Å². The lowest BCUT2D eigenvalue weighted by Crippen LogP contribution is -2.61. The second-order valence-corrected chi connectivity index (χ2v) is 2.91. The van der Waals surface area contributed by atoms with Gasteiger partial charge >= 0.3 is 5.92 Å². The number of alkyl halides is 4. The van der Waals surface area contributed by atoms with E-state index >= 15 is 0 Å². The third-order valence-corrected chi connectivity index (χ3v) is 1.51. The van der Waals surface area contributed by atoms with Crippen LogP contribution in [0, 0.1) is 0 Å². The van der Waals surface area contributed by atoms with Crippen LogP contribution >= 0.6 is 0 Å². The first kappa shape index (κ1) is 9.28. The number of likely N-dealkylation sites (tertiary alicyclic amines) is 1. The summed E-state index contributed by atoms with van der Waals surface area (Å²) in [6.07, 6.45) is 0. The molecule has 0 aliphatic carbocycles. The predicted octanol–water partition coefficient (Wildman–Crippen LogP) is 1.12. The molecule has 1 amide bonds. The largest absolute Gasteiger partial charge is 0.325 e. The Hall–Kier alpha value is -0.810. The lowest BCUT2D eigenvalue weighted by Gasteiger charge is -2.39. The number of carbonyl (C=O) groups excluding carboxylic acids is 1. The monoisotopic (exact) mass is 185 g/mol. The van der Waals surface area contributed by atoms with Crippen LogP contribution < -0.4 is 0 Å². The highest BCUT2D eigenvalue weighted by atomic mass is 19.3. The van der Waals surface area contributed by atoms with Crippen LogP contribution in [-0.2, 0) is 4.79 Å². The van der Waals surface area contributed by atoms with E-state index in [0.717, 1.165) is 0 Å². The number of nitrogens with zero attached hydrogens (tertiary/aromatic N) is 1. The van der Waals surface area contributed by atoms with E-state index in [9.17, 15) is 22.4 Å². The van der Waals surface area contributed by atoms with Crippen LogP contribution in [0.2, 0.25) is 0 Å². The average molecular weight is 185 g/mol. The molecule has 1 fully saturated rings. The van der Waals surface area contributed by atoms with E-state index in [-0.39, 0.29) is 0 Å². The van der Waals surface area contributed by atoms with Gasteiger partial charge in [-0.15, -0.1) is 0 Å². The molecule has 0 N–H and O–H groups in total. The highest BCUT2D eigenvalue weighted by Gasteiger charge is 2.51. The van der Waals surface area contributed by atoms with Gasteiger partial charge in [0.05, 0.1) is 13.1 Å². The van der Waals surface area contributed by atoms with Crippen molar-refractivity contribution in [1.29, 1.82) is 0 Å². The van der Waals surface area contributed by atoms with Crippen molar-refractivity contribution in [3.63, 3.8) is 0 Å². The van der Waals surface area contributed by atoms with E-state index in [4.69, 9.17) is 0 Å². The van der Waals surface area contributed by atoms with Crippen molar-refractivity contribution in [1.82, 2.24) is 4.90 Å². The summed E-state index contributed by atoms with van der Waals surface area (Å²) in [5, 5.41) is 0. The number of hydrogen-bond acceptors (Lipinski definition) is 1. The van der Waals surface area contributed by atoms with Crippen molar-refractivity contribution in [3.05, 3.63) is 0 Å². The van der Waals surface area contributed by atoms with E-state index in [2.05, 4.69) is 0 Å². The maximum atomic E-state index is 12.2. The Bertz CT molecular complexity index is 202. The topological polar surface area (TPSA) is 20.3 Å². The lowest BCUT2D eigenvalue weighted by molar-refractivity contribution is -0.185. The van der Waals surface area contributed by atoms with E-state index in [1.54, 1.807) is 0 Å². The molecule has 0 radical (unpaired) electrons. The number of hydrogen-bond donors (Lipinski definition) is 0. The zero-order chi connectivity index (χ0) is 9.57. The zero-order valence-electron chi connectivity index (χ0n) is 6.28. The number of rotatable bonds is 1. The van der Waals surface area contributed by atoms with Gasteiger partial charge in [0, 0.05) is 6.92 Å². The minimum absolute atomic E-state index is 0.395. The Morgan fingerprint density at radius 1 is 1.42 bits per heavy atom. The van der Waals surface area contributed by atoms with Crippen molar-refractivity contribution in [3.8, 4) is 0 Å². The van der Waals surface area contributed by atoms with Gasteiger partial charge in [0.2, 0.25) is 0 Å². The molecular formula is C6H7F4NO. The van der Waals surface area contributed by atoms with E-state index in [0.29, 0.717) is 11.8 Å². The summed E-state index contributed by atoms with van der Waals surface area (Å²) in [6.45, 7) is -1.39. The van der Waals surface area contributed by atoms with Gasteiger partial charge in [-0.1, -0.05) is 0 Å². The summed E-state index contributed by atoms with van der Waals surface area (Å²) in [5.41, 5.74) is 0. The van der Waals surface area contributed by atoms with Crippen LogP contribution in [0.5, 0.6) is 0 Å². The Morgan fingerprint density at radius 3 is 2.08 bits per heavy atom. The van der Waals surface area contributed by atoms with Gasteiger partial charge in [0.25, 0.3) is 11.8 Å². The maximum Gasteiger partial charge on any atom is 0.322 e. The fourth-order valence-electron chi connectivity index (χ4n) is 0.933. The van der Waals surface area contributed by atoms with Crippen LogP contribution in [0.25, 0.3) is 0 Å². The van der Waals surface area contributed by atoms with Crippen molar-refractivity contribution in [2.45, 2.75) is 18.8 Å². The van der Waals surface area contributed by atoms with Crippen LogP contribution in [0.3, 0.4) is 0 Å². The van der Waals surface area contributed by atoms with Gasteiger partial charge in [-0.05, 0) is 0 Å². The van der Waals surface area contributed by atoms with Gasteiger partial charge < -0.3 is 4.90 Å². The third-order valence-electron chi connectivity index (χ3n) is 1.51. The fourth-order valence-corrected chi connectivity index (χ4v) is 0.933. The smallest absolute Gasteiger partial charge is 0.322 e. The van der Waals surface area contributed by atoms with Crippen LogP contribution in [0.1, 0.15) is 6.92 Å². The van der Waals surface area contributed by atoms with E-state index in [1.165, 1.54) is 0 Å². The predicted molar refractivity (Wildman–Crippen MR) is 32.1 cm³/mol. The molecule has 1 saturated heterocycles. The number of halogens is 4. The number of amides is 1. The minimum Gasteiger partial charge on any atom is -0.325 e.